The van der Waals surface area contributed by atoms with Crippen molar-refractivity contribution in [1.82, 2.24) is 0 Å². The lowest BCUT2D eigenvalue weighted by Crippen LogP contribution is -1.96. The van der Waals surface area contributed by atoms with Gasteiger partial charge in [0.1, 0.15) is 0 Å². The Hall–Kier alpha value is 0.880. The van der Waals surface area contributed by atoms with Crippen LogP contribution in [0.15, 0.2) is 0 Å². The average molecular weight is 540 g/mol. The zero-order chi connectivity index (χ0) is 25.6. The minimum absolute atomic E-state index is 0.704. The molecule has 0 unspecified atom stereocenters. The first-order valence-corrected chi connectivity index (χ1v) is 18.6. The van der Waals surface area contributed by atoms with Gasteiger partial charge in [-0.3, -0.25) is 0 Å². The maximum Gasteiger partial charge on any atom is 0.244 e. The van der Waals surface area contributed by atoms with Crippen LogP contribution >= 0.6 is 17.9 Å². The zero-order valence-electron chi connectivity index (χ0n) is 23.4. The lowest BCUT2D eigenvalue weighted by atomic mass is 10.1. The fourth-order valence-corrected chi connectivity index (χ4v) is 5.51. The lowest BCUT2D eigenvalue weighted by molar-refractivity contribution is 0.250. The normalized spacial score (nSPS) is 11.4. The molecule has 0 saturated carbocycles. The van der Waals surface area contributed by atoms with E-state index in [1.54, 1.807) is 0 Å². The molecule has 3 nitrogen and oxygen atoms in total. The molecule has 0 radical (unpaired) electrons. The minimum atomic E-state index is -2.32. The Labute approximate surface area is 225 Å². The standard InChI is InChI=1S/C24H51O2PS2.C4H11N/c1-3-5-7-9-11-13-15-17-19-21-23-25-27(28,29)26-24-22-20-18-16-14-12-10-8-6-4-2;1-2-3-4-5/h3-24H2,1-2H3,(H,28,29);2-5H2,1H3. The fourth-order valence-electron chi connectivity index (χ4n) is 3.78. The molecule has 0 saturated heterocycles. The Morgan fingerprint density at radius 3 is 1.00 bits per heavy atom. The van der Waals surface area contributed by atoms with E-state index >= 15 is 0 Å². The summed E-state index contributed by atoms with van der Waals surface area (Å²) in [5.74, 6) is 0. The second kappa shape index (κ2) is 31.9. The molecule has 0 spiro atoms. The van der Waals surface area contributed by atoms with Crippen molar-refractivity contribution >= 4 is 29.7 Å². The summed E-state index contributed by atoms with van der Waals surface area (Å²) in [5, 5.41) is 0. The summed E-state index contributed by atoms with van der Waals surface area (Å²) in [7, 11) is 0. The predicted molar refractivity (Wildman–Crippen MR) is 163 cm³/mol. The van der Waals surface area contributed by atoms with E-state index in [1.807, 2.05) is 0 Å². The Morgan fingerprint density at radius 1 is 0.500 bits per heavy atom. The summed E-state index contributed by atoms with van der Waals surface area (Å²) in [4.78, 5) is 0. The molecular formula is C28H62NO2PS2. The van der Waals surface area contributed by atoms with E-state index in [2.05, 4.69) is 33.0 Å². The van der Waals surface area contributed by atoms with Crippen LogP contribution < -0.4 is 5.73 Å². The van der Waals surface area contributed by atoms with Gasteiger partial charge in [0.15, 0.2) is 0 Å². The number of nitrogens with two attached hydrogens (primary N) is 1. The number of thiol groups is 1. The summed E-state index contributed by atoms with van der Waals surface area (Å²) >= 11 is 9.88. The Morgan fingerprint density at radius 2 is 0.765 bits per heavy atom. The van der Waals surface area contributed by atoms with E-state index < -0.39 is 5.69 Å². The molecule has 0 rings (SSSR count). The molecule has 0 aliphatic carbocycles. The maximum absolute atomic E-state index is 5.76. The first-order chi connectivity index (χ1) is 16.5. The third kappa shape index (κ3) is 35.0. The van der Waals surface area contributed by atoms with E-state index in [-0.39, 0.29) is 0 Å². The topological polar surface area (TPSA) is 44.5 Å². The van der Waals surface area contributed by atoms with Crippen LogP contribution in [-0.4, -0.2) is 19.8 Å². The van der Waals surface area contributed by atoms with E-state index in [9.17, 15) is 0 Å². The Bertz CT molecular complexity index is 382. The van der Waals surface area contributed by atoms with Crippen molar-refractivity contribution in [2.75, 3.05) is 19.8 Å². The molecular weight excluding hydrogens is 477 g/mol. The van der Waals surface area contributed by atoms with Gasteiger partial charge in [-0.05, 0) is 37.6 Å². The highest BCUT2D eigenvalue weighted by Crippen LogP contribution is 2.53. The molecule has 0 bridgehead atoms. The number of hydrogen-bond acceptors (Lipinski definition) is 4. The second-order valence-corrected chi connectivity index (χ2v) is 14.9. The van der Waals surface area contributed by atoms with E-state index in [1.165, 1.54) is 128 Å². The van der Waals surface area contributed by atoms with Gasteiger partial charge in [0.2, 0.25) is 5.69 Å². The van der Waals surface area contributed by atoms with Crippen LogP contribution in [0, 0.1) is 0 Å². The van der Waals surface area contributed by atoms with Crippen LogP contribution in [0.4, 0.5) is 0 Å². The predicted octanol–water partition coefficient (Wildman–Crippen LogP) is 10.8. The Kier molecular flexibility index (Phi) is 34.8. The van der Waals surface area contributed by atoms with Crippen LogP contribution in [0.2, 0.25) is 0 Å². The zero-order valence-corrected chi connectivity index (χ0v) is 26.0. The summed E-state index contributed by atoms with van der Waals surface area (Å²) in [6, 6.07) is 0. The summed E-state index contributed by atoms with van der Waals surface area (Å²) in [6.07, 6.45) is 29.0. The van der Waals surface area contributed by atoms with Gasteiger partial charge in [-0.2, -0.15) is 0 Å². The maximum atomic E-state index is 5.76. The SMILES string of the molecule is CCCCCCCCCCCCOP(=S)(S)OCCCCCCCCCCCC.CCCCN. The molecule has 0 atom stereocenters. The van der Waals surface area contributed by atoms with Gasteiger partial charge in [-0.15, -0.1) is 0 Å². The molecule has 0 fully saturated rings. The fraction of sp³-hybridized carbons (Fsp3) is 1.00. The van der Waals surface area contributed by atoms with Crippen molar-refractivity contribution in [2.24, 2.45) is 5.73 Å². The molecule has 0 aliphatic heterocycles. The first-order valence-electron chi connectivity index (χ1n) is 14.9. The van der Waals surface area contributed by atoms with Gasteiger partial charge >= 0.3 is 0 Å². The molecule has 0 aromatic carbocycles. The Balaban J connectivity index is 0. The summed E-state index contributed by atoms with van der Waals surface area (Å²) in [5.41, 5.74) is 2.82. The van der Waals surface area contributed by atoms with Crippen molar-refractivity contribution in [2.45, 2.75) is 162 Å². The molecule has 6 heteroatoms. The highest BCUT2D eigenvalue weighted by molar-refractivity contribution is 8.60. The van der Waals surface area contributed by atoms with Gasteiger partial charge in [-0.25, -0.2) is 0 Å². The van der Waals surface area contributed by atoms with Gasteiger partial charge in [0, 0.05) is 0 Å². The van der Waals surface area contributed by atoms with Crippen LogP contribution in [-0.2, 0) is 20.9 Å². The molecule has 2 N–H and O–H groups in total. The number of unbranched alkanes of at least 4 members (excludes halogenated alkanes) is 19. The van der Waals surface area contributed by atoms with Crippen LogP contribution in [0.25, 0.3) is 0 Å². The highest BCUT2D eigenvalue weighted by Gasteiger charge is 2.12. The molecule has 0 aromatic rings. The van der Waals surface area contributed by atoms with Crippen molar-refractivity contribution in [1.29, 1.82) is 0 Å². The number of rotatable bonds is 26. The van der Waals surface area contributed by atoms with Crippen molar-refractivity contribution in [3.8, 4) is 0 Å². The third-order valence-electron chi connectivity index (χ3n) is 6.06. The molecule has 208 valence electrons. The van der Waals surface area contributed by atoms with Crippen LogP contribution in [0.1, 0.15) is 162 Å². The van der Waals surface area contributed by atoms with Crippen LogP contribution in [0.3, 0.4) is 0 Å². The monoisotopic (exact) mass is 539 g/mol. The van der Waals surface area contributed by atoms with Gasteiger partial charge in [0.05, 0.1) is 13.2 Å². The molecule has 0 aromatic heterocycles. The second-order valence-electron chi connectivity index (χ2n) is 9.64. The lowest BCUT2D eigenvalue weighted by Gasteiger charge is -2.16. The third-order valence-corrected chi connectivity index (χ3v) is 8.41. The first kappa shape index (κ1) is 37.0. The van der Waals surface area contributed by atoms with Gasteiger partial charge in [-0.1, -0.05) is 155 Å². The molecule has 0 heterocycles. The smallest absolute Gasteiger partial charge is 0.244 e. The minimum Gasteiger partial charge on any atom is -0.330 e. The van der Waals surface area contributed by atoms with Crippen molar-refractivity contribution in [3.05, 3.63) is 0 Å². The van der Waals surface area contributed by atoms with Crippen LogP contribution in [0.5, 0.6) is 0 Å². The van der Waals surface area contributed by atoms with E-state index in [0.717, 1.165) is 19.4 Å². The van der Waals surface area contributed by atoms with Gasteiger partial charge < -0.3 is 14.8 Å². The largest absolute Gasteiger partial charge is 0.330 e. The van der Waals surface area contributed by atoms with Gasteiger partial charge in [0.25, 0.3) is 0 Å². The van der Waals surface area contributed by atoms with Crippen molar-refractivity contribution in [3.63, 3.8) is 0 Å². The molecule has 0 amide bonds. The highest BCUT2D eigenvalue weighted by atomic mass is 32.9. The summed E-state index contributed by atoms with van der Waals surface area (Å²) in [6.45, 7) is 8.93. The van der Waals surface area contributed by atoms with E-state index in [0.29, 0.717) is 13.2 Å². The summed E-state index contributed by atoms with van der Waals surface area (Å²) < 4.78 is 11.5. The van der Waals surface area contributed by atoms with Crippen molar-refractivity contribution < 1.29 is 9.05 Å². The molecule has 0 aliphatic rings. The number of hydrogen-bond donors (Lipinski definition) is 2. The average Bonchev–Trinajstić information content (AvgIpc) is 2.82. The molecule has 34 heavy (non-hydrogen) atoms. The quantitative estimate of drug-likeness (QED) is 0.0651. The van der Waals surface area contributed by atoms with E-state index in [4.69, 9.17) is 26.6 Å².